The van der Waals surface area contributed by atoms with Gasteiger partial charge in [-0.3, -0.25) is 4.98 Å². The van der Waals surface area contributed by atoms with Crippen molar-refractivity contribution in [2.45, 2.75) is 45.9 Å². The van der Waals surface area contributed by atoms with Crippen molar-refractivity contribution in [1.82, 2.24) is 15.2 Å². The van der Waals surface area contributed by atoms with E-state index in [0.29, 0.717) is 12.6 Å². The average Bonchev–Trinajstić information content (AvgIpc) is 2.68. The summed E-state index contributed by atoms with van der Waals surface area (Å²) in [7, 11) is 0. The first-order valence-electron chi connectivity index (χ1n) is 9.76. The van der Waals surface area contributed by atoms with Gasteiger partial charge < -0.3 is 15.0 Å². The zero-order valence-electron chi connectivity index (χ0n) is 16.0. The number of nitrogens with one attached hydrogen (secondary N) is 1. The van der Waals surface area contributed by atoms with Crippen LogP contribution in [-0.2, 0) is 13.2 Å². The van der Waals surface area contributed by atoms with Crippen molar-refractivity contribution < 1.29 is 4.74 Å². The second kappa shape index (κ2) is 9.70. The number of likely N-dealkylation sites (tertiary alicyclic amines) is 1. The lowest BCUT2D eigenvalue weighted by Gasteiger charge is -2.35. The van der Waals surface area contributed by atoms with Crippen molar-refractivity contribution in [3.63, 3.8) is 0 Å². The molecule has 1 fully saturated rings. The third-order valence-corrected chi connectivity index (χ3v) is 5.12. The molecule has 26 heavy (non-hydrogen) atoms. The highest BCUT2D eigenvalue weighted by atomic mass is 16.5. The van der Waals surface area contributed by atoms with Crippen LogP contribution in [0.3, 0.4) is 0 Å². The maximum atomic E-state index is 6.03. The molecule has 0 saturated carbocycles. The number of aromatic nitrogens is 1. The van der Waals surface area contributed by atoms with Crippen LogP contribution in [0.5, 0.6) is 5.75 Å². The largest absolute Gasteiger partial charge is 0.489 e. The molecule has 1 atom stereocenters. The molecule has 0 spiro atoms. The van der Waals surface area contributed by atoms with E-state index in [4.69, 9.17) is 4.74 Å². The minimum atomic E-state index is 0.552. The number of hydrogen-bond acceptors (Lipinski definition) is 4. The van der Waals surface area contributed by atoms with Gasteiger partial charge in [0.1, 0.15) is 12.4 Å². The van der Waals surface area contributed by atoms with Crippen LogP contribution in [0.2, 0.25) is 0 Å². The maximum Gasteiger partial charge on any atom is 0.124 e. The predicted octanol–water partition coefficient (Wildman–Crippen LogP) is 3.87. The quantitative estimate of drug-likeness (QED) is 0.782. The molecular weight excluding hydrogens is 322 g/mol. The van der Waals surface area contributed by atoms with E-state index in [1.54, 1.807) is 6.20 Å². The number of hydrogen-bond donors (Lipinski definition) is 1. The fourth-order valence-electron chi connectivity index (χ4n) is 3.58. The van der Waals surface area contributed by atoms with E-state index in [0.717, 1.165) is 30.3 Å². The number of pyridine rings is 1. The van der Waals surface area contributed by atoms with Gasteiger partial charge in [-0.25, -0.2) is 0 Å². The molecule has 0 aliphatic carbocycles. The van der Waals surface area contributed by atoms with Crippen molar-refractivity contribution in [2.75, 3.05) is 19.6 Å². The molecule has 0 amide bonds. The van der Waals surface area contributed by atoms with E-state index < -0.39 is 0 Å². The molecule has 2 heterocycles. The van der Waals surface area contributed by atoms with Crippen molar-refractivity contribution in [3.8, 4) is 5.75 Å². The molecule has 1 aliphatic rings. The zero-order valence-corrected chi connectivity index (χ0v) is 16.0. The van der Waals surface area contributed by atoms with Gasteiger partial charge in [-0.1, -0.05) is 24.3 Å². The lowest BCUT2D eigenvalue weighted by Crippen LogP contribution is -2.42. The van der Waals surface area contributed by atoms with Crippen LogP contribution in [0, 0.1) is 5.92 Å². The standard InChI is InChI=1S/C22H31N3O/c1-18(2)25-12-6-8-19(16-25)13-24-15-21-9-3-4-10-22(21)26-17-20-7-5-11-23-14-20/h3-5,7,9-11,14,18-19,24H,6,8,12-13,15-17H2,1-2H3. The number of rotatable bonds is 8. The summed E-state index contributed by atoms with van der Waals surface area (Å²) in [5, 5.41) is 3.65. The van der Waals surface area contributed by atoms with Crippen molar-refractivity contribution in [1.29, 1.82) is 0 Å². The van der Waals surface area contributed by atoms with Gasteiger partial charge in [0.25, 0.3) is 0 Å². The lowest BCUT2D eigenvalue weighted by atomic mass is 9.97. The fourth-order valence-corrected chi connectivity index (χ4v) is 3.58. The Morgan fingerprint density at radius 1 is 1.23 bits per heavy atom. The molecule has 1 N–H and O–H groups in total. The number of para-hydroxylation sites is 1. The summed E-state index contributed by atoms with van der Waals surface area (Å²) in [5.74, 6) is 1.70. The Hall–Kier alpha value is -1.91. The number of piperidine rings is 1. The molecule has 2 aromatic rings. The van der Waals surface area contributed by atoms with Gasteiger partial charge >= 0.3 is 0 Å². The first-order chi connectivity index (χ1) is 12.7. The third kappa shape index (κ3) is 5.55. The number of benzene rings is 1. The van der Waals surface area contributed by atoms with Crippen molar-refractivity contribution in [2.24, 2.45) is 5.92 Å². The SMILES string of the molecule is CC(C)N1CCCC(CNCc2ccccc2OCc2cccnc2)C1. The molecule has 0 radical (unpaired) electrons. The van der Waals surface area contributed by atoms with Gasteiger partial charge in [0.15, 0.2) is 0 Å². The zero-order chi connectivity index (χ0) is 18.2. The van der Waals surface area contributed by atoms with E-state index in [1.165, 1.54) is 31.5 Å². The maximum absolute atomic E-state index is 6.03. The Morgan fingerprint density at radius 2 is 2.12 bits per heavy atom. The van der Waals surface area contributed by atoms with Gasteiger partial charge in [0.05, 0.1) is 0 Å². The molecule has 0 bridgehead atoms. The summed E-state index contributed by atoms with van der Waals surface area (Å²) in [6, 6.07) is 12.9. The Bertz CT molecular complexity index is 659. The van der Waals surface area contributed by atoms with Crippen LogP contribution < -0.4 is 10.1 Å². The highest BCUT2D eigenvalue weighted by Gasteiger charge is 2.21. The first-order valence-corrected chi connectivity index (χ1v) is 9.76. The minimum Gasteiger partial charge on any atom is -0.489 e. The molecular formula is C22H31N3O. The summed E-state index contributed by atoms with van der Waals surface area (Å²) in [4.78, 5) is 6.74. The Morgan fingerprint density at radius 3 is 2.92 bits per heavy atom. The van der Waals surface area contributed by atoms with Crippen LogP contribution in [0.25, 0.3) is 0 Å². The smallest absolute Gasteiger partial charge is 0.124 e. The normalized spacial score (nSPS) is 18.2. The van der Waals surface area contributed by atoms with E-state index in [-0.39, 0.29) is 0 Å². The van der Waals surface area contributed by atoms with E-state index in [1.807, 2.05) is 24.4 Å². The Kier molecular flexibility index (Phi) is 7.04. The summed E-state index contributed by atoms with van der Waals surface area (Å²) >= 11 is 0. The highest BCUT2D eigenvalue weighted by molar-refractivity contribution is 5.33. The molecule has 4 heteroatoms. The summed E-state index contributed by atoms with van der Waals surface area (Å²) in [5.41, 5.74) is 2.30. The number of ether oxygens (including phenoxy) is 1. The van der Waals surface area contributed by atoms with Gasteiger partial charge in [-0.05, 0) is 57.8 Å². The van der Waals surface area contributed by atoms with Crippen LogP contribution in [0.15, 0.2) is 48.8 Å². The second-order valence-corrected chi connectivity index (χ2v) is 7.49. The van der Waals surface area contributed by atoms with Crippen molar-refractivity contribution in [3.05, 3.63) is 59.9 Å². The molecule has 1 aromatic heterocycles. The molecule has 4 nitrogen and oxygen atoms in total. The van der Waals surface area contributed by atoms with E-state index in [9.17, 15) is 0 Å². The molecule has 140 valence electrons. The summed E-state index contributed by atoms with van der Waals surface area (Å²) in [6.45, 7) is 9.53. The Balaban J connectivity index is 1.49. The fraction of sp³-hybridized carbons (Fsp3) is 0.500. The number of nitrogens with zero attached hydrogens (tertiary/aromatic N) is 2. The van der Waals surface area contributed by atoms with Crippen LogP contribution >= 0.6 is 0 Å². The topological polar surface area (TPSA) is 37.4 Å². The van der Waals surface area contributed by atoms with Crippen LogP contribution in [0.4, 0.5) is 0 Å². The minimum absolute atomic E-state index is 0.552. The van der Waals surface area contributed by atoms with Crippen LogP contribution in [-0.4, -0.2) is 35.6 Å². The molecule has 1 aliphatic heterocycles. The van der Waals surface area contributed by atoms with E-state index in [2.05, 4.69) is 47.2 Å². The van der Waals surface area contributed by atoms with Gasteiger partial charge in [0, 0.05) is 42.7 Å². The molecule has 1 saturated heterocycles. The second-order valence-electron chi connectivity index (χ2n) is 7.49. The van der Waals surface area contributed by atoms with Gasteiger partial charge in [0.2, 0.25) is 0 Å². The summed E-state index contributed by atoms with van der Waals surface area (Å²) in [6.07, 6.45) is 6.28. The van der Waals surface area contributed by atoms with Crippen LogP contribution in [0.1, 0.15) is 37.8 Å². The lowest BCUT2D eigenvalue weighted by molar-refractivity contribution is 0.138. The molecule has 3 rings (SSSR count). The van der Waals surface area contributed by atoms with Gasteiger partial charge in [-0.2, -0.15) is 0 Å². The summed E-state index contributed by atoms with van der Waals surface area (Å²) < 4.78 is 6.03. The third-order valence-electron chi connectivity index (χ3n) is 5.12. The molecule has 1 unspecified atom stereocenters. The van der Waals surface area contributed by atoms with Crippen molar-refractivity contribution >= 4 is 0 Å². The Labute approximate surface area is 157 Å². The average molecular weight is 354 g/mol. The monoisotopic (exact) mass is 353 g/mol. The first kappa shape index (κ1) is 18.9. The van der Waals surface area contributed by atoms with E-state index >= 15 is 0 Å². The molecule has 1 aromatic carbocycles. The predicted molar refractivity (Wildman–Crippen MR) is 106 cm³/mol. The highest BCUT2D eigenvalue weighted by Crippen LogP contribution is 2.21. The van der Waals surface area contributed by atoms with Gasteiger partial charge in [-0.15, -0.1) is 0 Å².